The smallest absolute Gasteiger partial charge is 0.190 e. The van der Waals surface area contributed by atoms with E-state index in [1.165, 1.54) is 0 Å². The molecule has 0 saturated heterocycles. The van der Waals surface area contributed by atoms with Crippen LogP contribution in [-0.4, -0.2) is 44.7 Å². The van der Waals surface area contributed by atoms with E-state index in [1.54, 1.807) is 32.9 Å². The number of ketones is 2. The molecule has 0 spiro atoms. The third-order valence-electron chi connectivity index (χ3n) is 6.36. The number of fused-ring (bicyclic) bond motifs is 3. The predicted octanol–water partition coefficient (Wildman–Crippen LogP) is 1.33. The van der Waals surface area contributed by atoms with Gasteiger partial charge in [0.25, 0.3) is 0 Å². The number of Topliss-reactive ketones (excluding diaryl/α,β-unsaturated/α-hetero) is 2. The van der Waals surface area contributed by atoms with Gasteiger partial charge in [-0.1, -0.05) is 31.2 Å². The van der Waals surface area contributed by atoms with E-state index in [0.717, 1.165) is 0 Å². The van der Waals surface area contributed by atoms with Gasteiger partial charge in [-0.15, -0.1) is 0 Å². The molecule has 3 rings (SSSR count). The van der Waals surface area contributed by atoms with Gasteiger partial charge >= 0.3 is 0 Å². The number of rotatable bonds is 2. The first-order valence-electron chi connectivity index (χ1n) is 8.73. The molecular formula is C20H26O5. The van der Waals surface area contributed by atoms with Gasteiger partial charge < -0.3 is 15.3 Å². The van der Waals surface area contributed by atoms with Crippen molar-refractivity contribution in [1.29, 1.82) is 0 Å². The third kappa shape index (κ3) is 2.33. The maximum Gasteiger partial charge on any atom is 0.190 e. The average molecular weight is 346 g/mol. The molecule has 0 heterocycles. The van der Waals surface area contributed by atoms with Crippen LogP contribution < -0.4 is 0 Å². The molecule has 0 radical (unpaired) electrons. The third-order valence-corrected chi connectivity index (χ3v) is 6.36. The highest BCUT2D eigenvalue weighted by Crippen LogP contribution is 2.56. The van der Waals surface area contributed by atoms with Gasteiger partial charge in [0, 0.05) is 30.6 Å². The summed E-state index contributed by atoms with van der Waals surface area (Å²) < 4.78 is 0. The van der Waals surface area contributed by atoms with Crippen molar-refractivity contribution in [2.24, 2.45) is 23.7 Å². The first-order chi connectivity index (χ1) is 11.6. The van der Waals surface area contributed by atoms with Gasteiger partial charge in [-0.2, -0.15) is 0 Å². The molecule has 3 N–H and O–H groups in total. The van der Waals surface area contributed by atoms with Gasteiger partial charge in [0.2, 0.25) is 0 Å². The minimum Gasteiger partial charge on any atom is -0.392 e. The quantitative estimate of drug-likeness (QED) is 0.656. The van der Waals surface area contributed by atoms with Gasteiger partial charge in [-0.05, 0) is 30.9 Å². The summed E-state index contributed by atoms with van der Waals surface area (Å²) in [6, 6.07) is 0. The zero-order valence-corrected chi connectivity index (χ0v) is 15.0. The van der Waals surface area contributed by atoms with Crippen molar-refractivity contribution in [2.75, 3.05) is 6.61 Å². The van der Waals surface area contributed by atoms with Gasteiger partial charge in [0.05, 0.1) is 12.2 Å². The number of carbonyl (C=O) groups excluding carboxylic acids is 2. The van der Waals surface area contributed by atoms with E-state index >= 15 is 0 Å². The monoisotopic (exact) mass is 346 g/mol. The van der Waals surface area contributed by atoms with Crippen molar-refractivity contribution < 1.29 is 24.9 Å². The standard InChI is InChI=1S/C20H26O5/c1-10(2)17-14-7-13(9-21)8-19(24)16(5-11(3)18(19)23)20(14,25)12(4)6-15(17)22/h5,7,12,14,16-17,21,24-25H,1,6,8-9H2,2-4H3/t12-,14+,16+,17-,19+,20+/m0/s1. The number of hydrogen-bond acceptors (Lipinski definition) is 5. The molecule has 0 aromatic carbocycles. The lowest BCUT2D eigenvalue weighted by molar-refractivity contribution is -0.176. The number of allylic oxidation sites excluding steroid dienone is 1. The van der Waals surface area contributed by atoms with Crippen LogP contribution in [0, 0.1) is 23.7 Å². The highest BCUT2D eigenvalue weighted by Gasteiger charge is 2.65. The van der Waals surface area contributed by atoms with Crippen LogP contribution in [0.15, 0.2) is 35.5 Å². The molecule has 5 nitrogen and oxygen atoms in total. The second-order valence-corrected chi connectivity index (χ2v) is 8.05. The Balaban J connectivity index is 2.26. The molecule has 136 valence electrons. The summed E-state index contributed by atoms with van der Waals surface area (Å²) in [4.78, 5) is 25.3. The molecule has 25 heavy (non-hydrogen) atoms. The number of aliphatic hydroxyl groups is 3. The predicted molar refractivity (Wildman–Crippen MR) is 92.5 cm³/mol. The summed E-state index contributed by atoms with van der Waals surface area (Å²) in [6.45, 7) is 8.75. The molecule has 0 bridgehead atoms. The van der Waals surface area contributed by atoms with Crippen molar-refractivity contribution >= 4 is 11.6 Å². The maximum absolute atomic E-state index is 12.7. The lowest BCUT2D eigenvalue weighted by atomic mass is 9.56. The Kier molecular flexibility index (Phi) is 4.18. The molecule has 0 aromatic heterocycles. The maximum atomic E-state index is 12.7. The van der Waals surface area contributed by atoms with Gasteiger partial charge in [-0.25, -0.2) is 0 Å². The topological polar surface area (TPSA) is 94.8 Å². The van der Waals surface area contributed by atoms with Crippen LogP contribution in [0.25, 0.3) is 0 Å². The molecular weight excluding hydrogens is 320 g/mol. The largest absolute Gasteiger partial charge is 0.392 e. The first kappa shape index (κ1) is 18.2. The molecule has 0 unspecified atom stereocenters. The molecule has 3 aliphatic rings. The van der Waals surface area contributed by atoms with Crippen molar-refractivity contribution in [3.63, 3.8) is 0 Å². The van der Waals surface area contributed by atoms with E-state index in [9.17, 15) is 24.9 Å². The van der Waals surface area contributed by atoms with E-state index in [4.69, 9.17) is 0 Å². The van der Waals surface area contributed by atoms with E-state index in [2.05, 4.69) is 6.58 Å². The van der Waals surface area contributed by atoms with Crippen molar-refractivity contribution in [2.45, 2.75) is 44.8 Å². The molecule has 0 aromatic rings. The fraction of sp³-hybridized carbons (Fsp3) is 0.600. The van der Waals surface area contributed by atoms with E-state index in [-0.39, 0.29) is 25.2 Å². The van der Waals surface area contributed by atoms with E-state index < -0.39 is 40.7 Å². The summed E-state index contributed by atoms with van der Waals surface area (Å²) in [5.41, 5.74) is -1.72. The lowest BCUT2D eigenvalue weighted by Gasteiger charge is -2.51. The fourth-order valence-corrected chi connectivity index (χ4v) is 5.13. The lowest BCUT2D eigenvalue weighted by Crippen LogP contribution is -2.62. The Labute approximate surface area is 147 Å². The zero-order valence-electron chi connectivity index (χ0n) is 15.0. The Morgan fingerprint density at radius 3 is 2.52 bits per heavy atom. The normalized spacial score (nSPS) is 43.8. The van der Waals surface area contributed by atoms with Gasteiger partial charge in [0.1, 0.15) is 11.4 Å². The zero-order chi connectivity index (χ0) is 18.7. The molecule has 1 saturated carbocycles. The van der Waals surface area contributed by atoms with E-state index in [1.807, 2.05) is 0 Å². The molecule has 3 aliphatic carbocycles. The molecule has 5 heteroatoms. The Morgan fingerprint density at radius 2 is 1.96 bits per heavy atom. The van der Waals surface area contributed by atoms with Crippen LogP contribution in [0.5, 0.6) is 0 Å². The molecule has 1 fully saturated rings. The van der Waals surface area contributed by atoms with Crippen LogP contribution in [0.2, 0.25) is 0 Å². The van der Waals surface area contributed by atoms with Crippen LogP contribution in [0.3, 0.4) is 0 Å². The van der Waals surface area contributed by atoms with Crippen molar-refractivity contribution in [1.82, 2.24) is 0 Å². The number of aliphatic hydroxyl groups excluding tert-OH is 1. The molecule has 0 aliphatic heterocycles. The van der Waals surface area contributed by atoms with Crippen LogP contribution in [0.1, 0.15) is 33.6 Å². The van der Waals surface area contributed by atoms with Crippen LogP contribution in [-0.2, 0) is 9.59 Å². The van der Waals surface area contributed by atoms with Crippen LogP contribution in [0.4, 0.5) is 0 Å². The molecule has 0 amide bonds. The summed E-state index contributed by atoms with van der Waals surface area (Å²) in [5, 5.41) is 32.7. The number of carbonyl (C=O) groups is 2. The second kappa shape index (κ2) is 5.73. The van der Waals surface area contributed by atoms with Crippen LogP contribution >= 0.6 is 0 Å². The minimum atomic E-state index is -1.78. The van der Waals surface area contributed by atoms with Gasteiger partial charge in [0.15, 0.2) is 5.78 Å². The molecule has 6 atom stereocenters. The van der Waals surface area contributed by atoms with E-state index in [0.29, 0.717) is 16.7 Å². The average Bonchev–Trinajstić information content (AvgIpc) is 2.69. The summed E-state index contributed by atoms with van der Waals surface area (Å²) in [7, 11) is 0. The SMILES string of the molecule is C=C(C)[C@@H]1C(=O)C[C@H](C)[C@@]2(O)[C@@H]1C=C(CO)C[C@]1(O)C(=O)C(C)=C[C@@H]21. The highest BCUT2D eigenvalue weighted by atomic mass is 16.3. The number of hydrogen-bond donors (Lipinski definition) is 3. The Hall–Kier alpha value is -1.56. The van der Waals surface area contributed by atoms with Gasteiger partial charge in [-0.3, -0.25) is 9.59 Å². The summed E-state index contributed by atoms with van der Waals surface area (Å²) in [5.74, 6) is -2.88. The Bertz CT molecular complexity index is 718. The summed E-state index contributed by atoms with van der Waals surface area (Å²) in [6.07, 6.45) is 3.47. The van der Waals surface area contributed by atoms with Crippen molar-refractivity contribution in [3.05, 3.63) is 35.5 Å². The second-order valence-electron chi connectivity index (χ2n) is 8.05. The highest BCUT2D eigenvalue weighted by molar-refractivity contribution is 6.05. The van der Waals surface area contributed by atoms with Crippen molar-refractivity contribution in [3.8, 4) is 0 Å². The fourth-order valence-electron chi connectivity index (χ4n) is 5.13. The minimum absolute atomic E-state index is 0.00122. The Morgan fingerprint density at radius 1 is 1.32 bits per heavy atom. The summed E-state index contributed by atoms with van der Waals surface area (Å²) >= 11 is 0. The first-order valence-corrected chi connectivity index (χ1v) is 8.73.